The molecule has 2 heteroatoms. The van der Waals surface area contributed by atoms with Crippen LogP contribution in [0, 0.1) is 0 Å². The van der Waals surface area contributed by atoms with Gasteiger partial charge in [0.2, 0.25) is 0 Å². The quantitative estimate of drug-likeness (QED) is 0.116. The third-order valence-corrected chi connectivity index (χ3v) is 25.7. The molecule has 160 valence electrons. The Bertz CT molecular complexity index is 243. The number of rotatable bonds is 20. The topological polar surface area (TPSA) is 0 Å². The van der Waals surface area contributed by atoms with Gasteiger partial charge in [0.1, 0.15) is 0 Å². The average molecular weight is 496 g/mol. The van der Waals surface area contributed by atoms with Crippen LogP contribution in [0.1, 0.15) is 130 Å². The van der Waals surface area contributed by atoms with E-state index in [1.165, 1.54) is 103 Å². The molecule has 0 atom stereocenters. The molecule has 0 spiro atoms. The van der Waals surface area contributed by atoms with E-state index in [4.69, 9.17) is 0 Å². The van der Waals surface area contributed by atoms with Gasteiger partial charge in [0, 0.05) is 0 Å². The second-order valence-corrected chi connectivity index (χ2v) is 30.8. The molecule has 0 radical (unpaired) electrons. The average Bonchev–Trinajstić information content (AvgIpc) is 2.64. The van der Waals surface area contributed by atoms with Crippen molar-refractivity contribution >= 4 is 24.5 Å². The molecule has 0 rings (SSSR count). The summed E-state index contributed by atoms with van der Waals surface area (Å²) in [4.78, 5) is 0. The van der Waals surface area contributed by atoms with Gasteiger partial charge in [0.25, 0.3) is 0 Å². The summed E-state index contributed by atoms with van der Waals surface area (Å²) in [5, 5.41) is 6.35. The van der Waals surface area contributed by atoms with Crippen LogP contribution >= 0.6 is 13.9 Å². The second kappa shape index (κ2) is 16.9. The van der Waals surface area contributed by atoms with Crippen LogP contribution in [-0.4, -0.2) is 10.6 Å². The Morgan fingerprint density at radius 2 is 0.615 bits per heavy atom. The first-order valence-electron chi connectivity index (χ1n) is 12.3. The molecule has 0 aromatic carbocycles. The monoisotopic (exact) mass is 494 g/mol. The Morgan fingerprint density at radius 1 is 0.385 bits per heavy atom. The van der Waals surface area contributed by atoms with E-state index in [-0.39, 0.29) is 0 Å². The molecule has 0 aromatic rings. The molecule has 0 saturated carbocycles. The minimum absolute atomic E-state index is 1.37. The molecule has 0 aliphatic carbocycles. The summed E-state index contributed by atoms with van der Waals surface area (Å²) in [5.74, 6) is 0. The molecule has 0 heterocycles. The van der Waals surface area contributed by atoms with E-state index < -0.39 is 10.6 Å². The van der Waals surface area contributed by atoms with Crippen molar-refractivity contribution in [2.75, 3.05) is 0 Å². The molecule has 0 nitrogen and oxygen atoms in total. The van der Waals surface area contributed by atoms with Crippen LogP contribution in [0.5, 0.6) is 0 Å². The molecular weight excluding hydrogens is 443 g/mol. The number of unbranched alkanes of at least 4 members (excludes halogenated alkanes) is 12. The Kier molecular flexibility index (Phi) is 17.6. The zero-order valence-corrected chi connectivity index (χ0v) is 22.4. The fraction of sp³-hybridized carbons (Fsp3) is 1.00. The van der Waals surface area contributed by atoms with Crippen molar-refractivity contribution in [2.45, 2.75) is 151 Å². The first-order valence-corrected chi connectivity index (χ1v) is 22.0. The van der Waals surface area contributed by atoms with Gasteiger partial charge in [-0.3, -0.25) is 0 Å². The Morgan fingerprint density at radius 3 is 0.808 bits per heavy atom. The summed E-state index contributed by atoms with van der Waals surface area (Å²) >= 11 is 4.68. The summed E-state index contributed by atoms with van der Waals surface area (Å²) in [6.45, 7) is 9.38. The van der Waals surface area contributed by atoms with E-state index >= 15 is 0 Å². The molecule has 0 N–H and O–H groups in total. The molecule has 0 unspecified atom stereocenters. The van der Waals surface area contributed by atoms with Crippen molar-refractivity contribution in [3.8, 4) is 0 Å². The molecule has 26 heavy (non-hydrogen) atoms. The Balaban J connectivity index is 4.94. The van der Waals surface area contributed by atoms with Crippen LogP contribution < -0.4 is 0 Å². The number of halogens is 1. The van der Waals surface area contributed by atoms with Gasteiger partial charge < -0.3 is 0 Å². The second-order valence-electron chi connectivity index (χ2n) is 8.96. The normalized spacial score (nSPS) is 13.7. The van der Waals surface area contributed by atoms with Crippen molar-refractivity contribution in [2.24, 2.45) is 0 Å². The van der Waals surface area contributed by atoms with Crippen molar-refractivity contribution in [1.29, 1.82) is 0 Å². The molecule has 0 aliphatic heterocycles. The van der Waals surface area contributed by atoms with Crippen LogP contribution in [0.4, 0.5) is 0 Å². The fourth-order valence-corrected chi connectivity index (χ4v) is 20.9. The SMILES string of the molecule is CCCCCC[As](Br)(CCCCCC)(CCCCCC)CCCCCC. The van der Waals surface area contributed by atoms with E-state index in [9.17, 15) is 0 Å². The van der Waals surface area contributed by atoms with E-state index in [2.05, 4.69) is 41.6 Å². The van der Waals surface area contributed by atoms with Gasteiger partial charge in [-0.15, -0.1) is 0 Å². The number of hydrogen-bond donors (Lipinski definition) is 0. The zero-order chi connectivity index (χ0) is 19.6. The standard InChI is InChI=1S/C24H52AsBr/c1-5-9-13-17-21-25(26,22-18-14-10-6-2,23-19-15-11-7-3)24-20-16-12-8-4/h5-24H2,1-4H3. The predicted molar refractivity (Wildman–Crippen MR) is 130 cm³/mol. The molecule has 0 aromatic heterocycles. The predicted octanol–water partition coefficient (Wildman–Crippen LogP) is 10.6. The third-order valence-electron chi connectivity index (χ3n) is 6.28. The van der Waals surface area contributed by atoms with Gasteiger partial charge in [-0.25, -0.2) is 0 Å². The van der Waals surface area contributed by atoms with Gasteiger partial charge in [-0.2, -0.15) is 0 Å². The Hall–Kier alpha value is 1.04. The van der Waals surface area contributed by atoms with E-state index in [0.29, 0.717) is 0 Å². The molecular formula is C24H52AsBr. The van der Waals surface area contributed by atoms with Crippen LogP contribution in [0.25, 0.3) is 0 Å². The molecule has 0 amide bonds. The van der Waals surface area contributed by atoms with E-state index in [0.717, 1.165) is 0 Å². The first-order chi connectivity index (χ1) is 12.5. The molecule has 0 aliphatic rings. The van der Waals surface area contributed by atoms with Crippen LogP contribution in [0.2, 0.25) is 20.8 Å². The summed E-state index contributed by atoms with van der Waals surface area (Å²) in [7, 11) is -2.32. The summed E-state index contributed by atoms with van der Waals surface area (Å²) in [6, 6.07) is 0. The maximum atomic E-state index is 4.68. The van der Waals surface area contributed by atoms with E-state index in [1.807, 2.05) is 0 Å². The van der Waals surface area contributed by atoms with Crippen LogP contribution in [0.3, 0.4) is 0 Å². The van der Waals surface area contributed by atoms with Crippen molar-refractivity contribution in [3.63, 3.8) is 0 Å². The van der Waals surface area contributed by atoms with Gasteiger partial charge in [-0.1, -0.05) is 0 Å². The van der Waals surface area contributed by atoms with Gasteiger partial charge >= 0.3 is 176 Å². The van der Waals surface area contributed by atoms with Crippen molar-refractivity contribution in [3.05, 3.63) is 0 Å². The van der Waals surface area contributed by atoms with Gasteiger partial charge in [0.05, 0.1) is 0 Å². The maximum absolute atomic E-state index is 4.68. The minimum atomic E-state index is -2.32. The number of hydrogen-bond acceptors (Lipinski definition) is 0. The zero-order valence-electron chi connectivity index (χ0n) is 19.0. The molecule has 0 bridgehead atoms. The van der Waals surface area contributed by atoms with E-state index in [1.54, 1.807) is 20.8 Å². The first kappa shape index (κ1) is 27.0. The summed E-state index contributed by atoms with van der Waals surface area (Å²) < 4.78 is 0. The van der Waals surface area contributed by atoms with Crippen LogP contribution in [-0.2, 0) is 0 Å². The molecule has 0 fully saturated rings. The van der Waals surface area contributed by atoms with Crippen molar-refractivity contribution in [1.82, 2.24) is 0 Å². The van der Waals surface area contributed by atoms with Gasteiger partial charge in [-0.05, 0) is 0 Å². The molecule has 0 saturated heterocycles. The fourth-order valence-electron chi connectivity index (χ4n) is 4.41. The Labute approximate surface area is 175 Å². The van der Waals surface area contributed by atoms with Gasteiger partial charge in [0.15, 0.2) is 0 Å². The summed E-state index contributed by atoms with van der Waals surface area (Å²) in [6.07, 6.45) is 23.1. The van der Waals surface area contributed by atoms with Crippen LogP contribution in [0.15, 0.2) is 0 Å². The summed E-state index contributed by atoms with van der Waals surface area (Å²) in [5.41, 5.74) is 0. The third kappa shape index (κ3) is 13.3. The van der Waals surface area contributed by atoms with Crippen molar-refractivity contribution < 1.29 is 0 Å².